The van der Waals surface area contributed by atoms with Crippen LogP contribution in [0.4, 0.5) is 9.39 Å². The van der Waals surface area contributed by atoms with Gasteiger partial charge in [0.1, 0.15) is 16.6 Å². The molecule has 0 fully saturated rings. The van der Waals surface area contributed by atoms with E-state index in [9.17, 15) is 18.8 Å². The van der Waals surface area contributed by atoms with Crippen molar-refractivity contribution in [2.24, 2.45) is 0 Å². The molecule has 5 rings (SSSR count). The molecule has 13 heteroatoms. The van der Waals surface area contributed by atoms with Gasteiger partial charge in [-0.15, -0.1) is 21.5 Å². The van der Waals surface area contributed by atoms with E-state index in [1.54, 1.807) is 55.0 Å². The number of carbonyl (C=O) groups excluding carboxylic acids is 3. The van der Waals surface area contributed by atoms with Gasteiger partial charge in [0.25, 0.3) is 5.91 Å². The number of anilines is 1. The van der Waals surface area contributed by atoms with E-state index in [1.807, 2.05) is 0 Å². The number of benzene rings is 2. The minimum Gasteiger partial charge on any atom is -0.497 e. The Morgan fingerprint density at radius 1 is 1.05 bits per heavy atom. The molecule has 0 atom stereocenters. The highest BCUT2D eigenvalue weighted by Crippen LogP contribution is 2.38. The Morgan fingerprint density at radius 2 is 1.79 bits per heavy atom. The number of thiophene rings is 1. The minimum atomic E-state index is -0.428. The summed E-state index contributed by atoms with van der Waals surface area (Å²) in [6, 6.07) is 12.4. The summed E-state index contributed by atoms with van der Waals surface area (Å²) < 4.78 is 25.8. The van der Waals surface area contributed by atoms with E-state index in [0.717, 1.165) is 47.9 Å². The number of thioether (sulfide) groups is 1. The molecule has 2 N–H and O–H groups in total. The van der Waals surface area contributed by atoms with Gasteiger partial charge in [-0.25, -0.2) is 9.18 Å². The molecule has 0 spiro atoms. The largest absolute Gasteiger partial charge is 0.497 e. The van der Waals surface area contributed by atoms with E-state index in [2.05, 4.69) is 20.8 Å². The zero-order valence-electron chi connectivity index (χ0n) is 23.6. The van der Waals surface area contributed by atoms with Gasteiger partial charge in [0.15, 0.2) is 11.0 Å². The number of nitrogens with one attached hydrogen (secondary N) is 2. The molecule has 2 aromatic carbocycles. The summed E-state index contributed by atoms with van der Waals surface area (Å²) in [6.07, 6.45) is 3.68. The predicted molar refractivity (Wildman–Crippen MR) is 162 cm³/mol. The molecule has 4 aromatic rings. The van der Waals surface area contributed by atoms with Gasteiger partial charge in [-0.05, 0) is 86.7 Å². The molecule has 1 aliphatic carbocycles. The van der Waals surface area contributed by atoms with E-state index < -0.39 is 11.8 Å². The van der Waals surface area contributed by atoms with E-state index in [1.165, 1.54) is 23.5 Å². The number of amides is 2. The molecule has 0 saturated carbocycles. The number of methoxy groups -OCH3 is 1. The van der Waals surface area contributed by atoms with Crippen molar-refractivity contribution in [3.8, 4) is 11.4 Å². The standard InChI is InChI=1S/C30H30FN5O5S2/c1-3-41-29(39)26-22-6-4-5-7-23(22)43-28(26)33-25(37)17-42-30-35-34-24(36(30)20-12-10-19(31)11-13-20)16-32-27(38)18-8-14-21(40-2)15-9-18/h8-15H,3-7,16-17H2,1-2H3,(H,32,38)(H,33,37). The number of hydrogen-bond donors (Lipinski definition) is 2. The van der Waals surface area contributed by atoms with Crippen LogP contribution in [0.1, 0.15) is 56.7 Å². The number of halogens is 1. The Morgan fingerprint density at radius 3 is 2.51 bits per heavy atom. The van der Waals surface area contributed by atoms with Crippen LogP contribution in [0.2, 0.25) is 0 Å². The Kier molecular flexibility index (Phi) is 9.72. The Balaban J connectivity index is 1.32. The number of aromatic nitrogens is 3. The maximum Gasteiger partial charge on any atom is 0.341 e. The first-order valence-corrected chi connectivity index (χ1v) is 15.5. The zero-order chi connectivity index (χ0) is 30.3. The van der Waals surface area contributed by atoms with Gasteiger partial charge in [0, 0.05) is 16.1 Å². The monoisotopic (exact) mass is 623 g/mol. The van der Waals surface area contributed by atoms with Gasteiger partial charge in [-0.3, -0.25) is 14.2 Å². The Labute approximate surface area is 256 Å². The fourth-order valence-electron chi connectivity index (χ4n) is 4.73. The minimum absolute atomic E-state index is 0.0254. The summed E-state index contributed by atoms with van der Waals surface area (Å²) in [5.74, 6) is -0.473. The lowest BCUT2D eigenvalue weighted by Gasteiger charge is -2.12. The zero-order valence-corrected chi connectivity index (χ0v) is 25.3. The maximum atomic E-state index is 13.7. The molecule has 0 radical (unpaired) electrons. The average Bonchev–Trinajstić information content (AvgIpc) is 3.60. The summed E-state index contributed by atoms with van der Waals surface area (Å²) in [7, 11) is 1.55. The topological polar surface area (TPSA) is 124 Å². The lowest BCUT2D eigenvalue weighted by molar-refractivity contribution is -0.113. The predicted octanol–water partition coefficient (Wildman–Crippen LogP) is 5.19. The van der Waals surface area contributed by atoms with Crippen LogP contribution in [0.3, 0.4) is 0 Å². The molecule has 2 heterocycles. The number of aryl methyl sites for hydroxylation is 1. The van der Waals surface area contributed by atoms with Crippen LogP contribution < -0.4 is 15.4 Å². The number of nitrogens with zero attached hydrogens (tertiary/aromatic N) is 3. The van der Waals surface area contributed by atoms with Crippen LogP contribution in [0.25, 0.3) is 5.69 Å². The quantitative estimate of drug-likeness (QED) is 0.173. The summed E-state index contributed by atoms with van der Waals surface area (Å²) in [5, 5.41) is 15.1. The lowest BCUT2D eigenvalue weighted by atomic mass is 9.95. The van der Waals surface area contributed by atoms with E-state index >= 15 is 0 Å². The second-order valence-electron chi connectivity index (χ2n) is 9.59. The van der Waals surface area contributed by atoms with E-state index in [0.29, 0.717) is 38.5 Å². The van der Waals surface area contributed by atoms with Crippen LogP contribution in [-0.2, 0) is 28.9 Å². The third-order valence-corrected chi connectivity index (χ3v) is 8.92. The van der Waals surface area contributed by atoms with Crippen LogP contribution in [0.5, 0.6) is 5.75 Å². The number of hydrogen-bond acceptors (Lipinski definition) is 9. The lowest BCUT2D eigenvalue weighted by Crippen LogP contribution is -2.24. The third-order valence-electron chi connectivity index (χ3n) is 6.78. The van der Waals surface area contributed by atoms with Gasteiger partial charge in [-0.2, -0.15) is 0 Å². The number of esters is 1. The highest BCUT2D eigenvalue weighted by molar-refractivity contribution is 7.99. The number of ether oxygens (including phenoxy) is 2. The highest BCUT2D eigenvalue weighted by atomic mass is 32.2. The van der Waals surface area contributed by atoms with E-state index in [-0.39, 0.29) is 30.7 Å². The molecule has 2 aromatic heterocycles. The van der Waals surface area contributed by atoms with Crippen molar-refractivity contribution in [1.29, 1.82) is 0 Å². The van der Waals surface area contributed by atoms with Crippen molar-refractivity contribution >= 4 is 45.9 Å². The Bertz CT molecular complexity index is 1620. The molecule has 2 amide bonds. The van der Waals surface area contributed by atoms with Crippen molar-refractivity contribution in [3.63, 3.8) is 0 Å². The fraction of sp³-hybridized carbons (Fsp3) is 0.300. The SMILES string of the molecule is CCOC(=O)c1c(NC(=O)CSc2nnc(CNC(=O)c3ccc(OC)cc3)n2-c2ccc(F)cc2)sc2c1CCCC2. The summed E-state index contributed by atoms with van der Waals surface area (Å²) >= 11 is 2.56. The van der Waals surface area contributed by atoms with Gasteiger partial charge in [-0.1, -0.05) is 11.8 Å². The van der Waals surface area contributed by atoms with Gasteiger partial charge >= 0.3 is 5.97 Å². The van der Waals surface area contributed by atoms with Crippen LogP contribution >= 0.6 is 23.1 Å². The van der Waals surface area contributed by atoms with Crippen molar-refractivity contribution < 1.29 is 28.2 Å². The van der Waals surface area contributed by atoms with Crippen LogP contribution in [0, 0.1) is 5.82 Å². The molecule has 0 saturated heterocycles. The number of rotatable bonds is 11. The van der Waals surface area contributed by atoms with Crippen molar-refractivity contribution in [1.82, 2.24) is 20.1 Å². The normalized spacial score (nSPS) is 12.3. The first-order chi connectivity index (χ1) is 20.9. The molecular weight excluding hydrogens is 593 g/mol. The molecule has 0 unspecified atom stereocenters. The van der Waals surface area contributed by atoms with E-state index in [4.69, 9.17) is 9.47 Å². The second-order valence-corrected chi connectivity index (χ2v) is 11.6. The average molecular weight is 624 g/mol. The molecule has 0 aliphatic heterocycles. The third kappa shape index (κ3) is 7.05. The molecule has 224 valence electrons. The number of fused-ring (bicyclic) bond motifs is 1. The summed E-state index contributed by atoms with van der Waals surface area (Å²) in [4.78, 5) is 39.7. The van der Waals surface area contributed by atoms with Crippen LogP contribution in [-0.4, -0.2) is 52.0 Å². The number of carbonyl (C=O) groups is 3. The van der Waals surface area contributed by atoms with Crippen molar-refractivity contribution in [3.05, 3.63) is 81.7 Å². The molecule has 1 aliphatic rings. The van der Waals surface area contributed by atoms with Crippen molar-refractivity contribution in [2.45, 2.75) is 44.3 Å². The van der Waals surface area contributed by atoms with Gasteiger partial charge in [0.05, 0.1) is 31.6 Å². The maximum absolute atomic E-state index is 13.7. The first kappa shape index (κ1) is 30.2. The van der Waals surface area contributed by atoms with Crippen LogP contribution in [0.15, 0.2) is 53.7 Å². The highest BCUT2D eigenvalue weighted by Gasteiger charge is 2.27. The first-order valence-electron chi connectivity index (χ1n) is 13.7. The smallest absolute Gasteiger partial charge is 0.341 e. The van der Waals surface area contributed by atoms with Gasteiger partial charge in [0.2, 0.25) is 5.91 Å². The van der Waals surface area contributed by atoms with Gasteiger partial charge < -0.3 is 20.1 Å². The molecule has 43 heavy (non-hydrogen) atoms. The molecule has 10 nitrogen and oxygen atoms in total. The summed E-state index contributed by atoms with van der Waals surface area (Å²) in [6.45, 7) is 2.03. The molecule has 0 bridgehead atoms. The fourth-order valence-corrected chi connectivity index (χ4v) is 6.79. The second kappa shape index (κ2) is 13.8. The summed E-state index contributed by atoms with van der Waals surface area (Å²) in [5.41, 5.74) is 2.43. The Hall–Kier alpha value is -4.23. The molecular formula is C30H30FN5O5S2. The van der Waals surface area contributed by atoms with Crippen molar-refractivity contribution in [2.75, 3.05) is 24.8 Å².